The molecule has 0 fully saturated rings. The van der Waals surface area contributed by atoms with Crippen LogP contribution in [-0.2, 0) is 14.8 Å². The van der Waals surface area contributed by atoms with Gasteiger partial charge in [0.15, 0.2) is 0 Å². The van der Waals surface area contributed by atoms with Gasteiger partial charge in [-0.2, -0.15) is 0 Å². The van der Waals surface area contributed by atoms with Gasteiger partial charge in [-0.25, -0.2) is 13.1 Å². The Morgan fingerprint density at radius 3 is 2.48 bits per heavy atom. The zero-order valence-electron chi connectivity index (χ0n) is 12.4. The van der Waals surface area contributed by atoms with Crippen molar-refractivity contribution in [1.82, 2.24) is 4.72 Å². The molecule has 1 atom stereocenters. The van der Waals surface area contributed by atoms with Crippen molar-refractivity contribution in [3.05, 3.63) is 24.3 Å². The summed E-state index contributed by atoms with van der Waals surface area (Å²) in [5.41, 5.74) is 0. The van der Waals surface area contributed by atoms with Gasteiger partial charge in [0.25, 0.3) is 0 Å². The Balaban J connectivity index is 2.70. The molecule has 1 rings (SSSR count). The number of methoxy groups -OCH3 is 1. The van der Waals surface area contributed by atoms with Crippen LogP contribution in [0.2, 0.25) is 0 Å². The molecule has 0 aliphatic carbocycles. The first-order valence-corrected chi connectivity index (χ1v) is 8.36. The van der Waals surface area contributed by atoms with E-state index in [-0.39, 0.29) is 17.5 Å². The predicted molar refractivity (Wildman–Crippen MR) is 79.9 cm³/mol. The summed E-state index contributed by atoms with van der Waals surface area (Å²) >= 11 is 0. The molecule has 120 valence electrons. The molecule has 0 spiro atoms. The summed E-state index contributed by atoms with van der Waals surface area (Å²) in [5.74, 6) is 0.575. The number of hydrogen-bond donors (Lipinski definition) is 2. The predicted octanol–water partition coefficient (Wildman–Crippen LogP) is 1.15. The van der Waals surface area contributed by atoms with Crippen molar-refractivity contribution >= 4 is 10.0 Å². The fourth-order valence-electron chi connectivity index (χ4n) is 1.69. The van der Waals surface area contributed by atoms with E-state index in [0.29, 0.717) is 31.8 Å². The number of hydrogen-bond acceptors (Lipinski definition) is 5. The monoisotopic (exact) mass is 317 g/mol. The van der Waals surface area contributed by atoms with E-state index >= 15 is 0 Å². The van der Waals surface area contributed by atoms with Crippen LogP contribution in [0.4, 0.5) is 0 Å². The second-order valence-electron chi connectivity index (χ2n) is 4.58. The summed E-state index contributed by atoms with van der Waals surface area (Å²) in [6.45, 7) is 2.68. The van der Waals surface area contributed by atoms with Crippen LogP contribution in [0.5, 0.6) is 5.75 Å². The van der Waals surface area contributed by atoms with Crippen LogP contribution in [0.3, 0.4) is 0 Å². The Morgan fingerprint density at radius 1 is 1.29 bits per heavy atom. The van der Waals surface area contributed by atoms with Gasteiger partial charge in [0, 0.05) is 26.2 Å². The zero-order valence-corrected chi connectivity index (χ0v) is 13.2. The summed E-state index contributed by atoms with van der Waals surface area (Å²) in [7, 11) is -2.02. The van der Waals surface area contributed by atoms with Crippen molar-refractivity contribution in [2.75, 3.05) is 26.9 Å². The van der Waals surface area contributed by atoms with Gasteiger partial charge < -0.3 is 14.6 Å². The molecule has 2 N–H and O–H groups in total. The highest BCUT2D eigenvalue weighted by Crippen LogP contribution is 2.16. The highest BCUT2D eigenvalue weighted by atomic mass is 32.2. The molecule has 0 amide bonds. The lowest BCUT2D eigenvalue weighted by Crippen LogP contribution is -2.37. The molecule has 0 aliphatic heterocycles. The lowest BCUT2D eigenvalue weighted by atomic mass is 10.3. The SMILES string of the molecule is CCC(COC)NS(=O)(=O)c1ccc(OCCCO)cc1. The molecule has 1 unspecified atom stereocenters. The summed E-state index contributed by atoms with van der Waals surface area (Å²) in [4.78, 5) is 0.187. The number of rotatable bonds is 10. The third-order valence-corrected chi connectivity index (χ3v) is 4.42. The third kappa shape index (κ3) is 6.01. The Labute approximate surface area is 126 Å². The van der Waals surface area contributed by atoms with E-state index in [1.54, 1.807) is 12.1 Å². The van der Waals surface area contributed by atoms with E-state index in [1.165, 1.54) is 19.2 Å². The molecule has 21 heavy (non-hydrogen) atoms. The van der Waals surface area contributed by atoms with Crippen LogP contribution < -0.4 is 9.46 Å². The number of nitrogens with one attached hydrogen (secondary N) is 1. The van der Waals surface area contributed by atoms with Gasteiger partial charge in [0.2, 0.25) is 10.0 Å². The van der Waals surface area contributed by atoms with Crippen LogP contribution in [0.1, 0.15) is 19.8 Å². The highest BCUT2D eigenvalue weighted by molar-refractivity contribution is 7.89. The van der Waals surface area contributed by atoms with Gasteiger partial charge in [0.05, 0.1) is 18.1 Å². The number of benzene rings is 1. The molecule has 7 heteroatoms. The van der Waals surface area contributed by atoms with Crippen LogP contribution in [-0.4, -0.2) is 46.5 Å². The van der Waals surface area contributed by atoms with Crippen LogP contribution in [0.25, 0.3) is 0 Å². The van der Waals surface area contributed by atoms with E-state index in [0.717, 1.165) is 0 Å². The molecule has 0 saturated heterocycles. The summed E-state index contributed by atoms with van der Waals surface area (Å²) < 4.78 is 37.4. The fourth-order valence-corrected chi connectivity index (χ4v) is 3.00. The molecule has 1 aromatic rings. The maximum atomic E-state index is 12.2. The van der Waals surface area contributed by atoms with Crippen molar-refractivity contribution in [2.45, 2.75) is 30.7 Å². The average molecular weight is 317 g/mol. The van der Waals surface area contributed by atoms with Gasteiger partial charge in [-0.15, -0.1) is 0 Å². The standard InChI is InChI=1S/C14H23NO5S/c1-3-12(11-19-2)15-21(17,18)14-7-5-13(6-8-14)20-10-4-9-16/h5-8,12,15-16H,3-4,9-11H2,1-2H3. The molecule has 0 aromatic heterocycles. The lowest BCUT2D eigenvalue weighted by molar-refractivity contribution is 0.173. The van der Waals surface area contributed by atoms with Crippen molar-refractivity contribution in [1.29, 1.82) is 0 Å². The maximum absolute atomic E-state index is 12.2. The van der Waals surface area contributed by atoms with Crippen molar-refractivity contribution in [3.8, 4) is 5.75 Å². The first kappa shape index (κ1) is 17.9. The van der Waals surface area contributed by atoms with E-state index in [1.807, 2.05) is 6.92 Å². The minimum atomic E-state index is -3.56. The molecule has 0 radical (unpaired) electrons. The number of ether oxygens (including phenoxy) is 2. The average Bonchev–Trinajstić information content (AvgIpc) is 2.47. The number of sulfonamides is 1. The van der Waals surface area contributed by atoms with Gasteiger partial charge in [-0.05, 0) is 30.7 Å². The maximum Gasteiger partial charge on any atom is 0.240 e. The smallest absolute Gasteiger partial charge is 0.240 e. The molecule has 0 saturated carbocycles. The zero-order chi connectivity index (χ0) is 15.7. The third-order valence-electron chi connectivity index (χ3n) is 2.89. The normalized spacial score (nSPS) is 13.1. The highest BCUT2D eigenvalue weighted by Gasteiger charge is 2.18. The van der Waals surface area contributed by atoms with E-state index in [4.69, 9.17) is 14.6 Å². The largest absolute Gasteiger partial charge is 0.494 e. The summed E-state index contributed by atoms with van der Waals surface area (Å²) in [6, 6.07) is 5.94. The summed E-state index contributed by atoms with van der Waals surface area (Å²) in [5, 5.41) is 8.67. The van der Waals surface area contributed by atoms with Gasteiger partial charge in [-0.1, -0.05) is 6.92 Å². The lowest BCUT2D eigenvalue weighted by Gasteiger charge is -2.16. The minimum absolute atomic E-state index is 0.0638. The minimum Gasteiger partial charge on any atom is -0.494 e. The molecule has 0 bridgehead atoms. The van der Waals surface area contributed by atoms with Crippen molar-refractivity contribution in [3.63, 3.8) is 0 Å². The fraction of sp³-hybridized carbons (Fsp3) is 0.571. The van der Waals surface area contributed by atoms with Crippen molar-refractivity contribution in [2.24, 2.45) is 0 Å². The quantitative estimate of drug-likeness (QED) is 0.632. The van der Waals surface area contributed by atoms with Crippen LogP contribution in [0.15, 0.2) is 29.2 Å². The van der Waals surface area contributed by atoms with Gasteiger partial charge >= 0.3 is 0 Å². The molecule has 0 aliphatic rings. The Hall–Kier alpha value is -1.15. The van der Waals surface area contributed by atoms with Crippen LogP contribution >= 0.6 is 0 Å². The van der Waals surface area contributed by atoms with E-state index < -0.39 is 10.0 Å². The van der Waals surface area contributed by atoms with Gasteiger partial charge in [0.1, 0.15) is 5.75 Å². The summed E-state index contributed by atoms with van der Waals surface area (Å²) in [6.07, 6.45) is 1.19. The molecular formula is C14H23NO5S. The van der Waals surface area contributed by atoms with E-state index in [9.17, 15) is 8.42 Å². The number of aliphatic hydroxyl groups excluding tert-OH is 1. The second-order valence-corrected chi connectivity index (χ2v) is 6.29. The first-order chi connectivity index (χ1) is 10.0. The second kappa shape index (κ2) is 8.99. The Kier molecular flexibility index (Phi) is 7.66. The number of aliphatic hydroxyl groups is 1. The first-order valence-electron chi connectivity index (χ1n) is 6.88. The van der Waals surface area contributed by atoms with Crippen LogP contribution in [0, 0.1) is 0 Å². The molecule has 1 aromatic carbocycles. The Bertz CT molecular complexity index is 501. The van der Waals surface area contributed by atoms with Gasteiger partial charge in [-0.3, -0.25) is 0 Å². The van der Waals surface area contributed by atoms with Crippen molar-refractivity contribution < 1.29 is 23.0 Å². The van der Waals surface area contributed by atoms with E-state index in [2.05, 4.69) is 4.72 Å². The molecule has 6 nitrogen and oxygen atoms in total. The topological polar surface area (TPSA) is 84.9 Å². The molecule has 0 heterocycles. The molecular weight excluding hydrogens is 294 g/mol. The Morgan fingerprint density at radius 2 is 1.95 bits per heavy atom.